The number of benzene rings is 1. The Morgan fingerprint density at radius 3 is 2.60 bits per heavy atom. The van der Waals surface area contributed by atoms with Crippen molar-refractivity contribution >= 4 is 27.7 Å². The Hall–Kier alpha value is 0.01000. The highest BCUT2D eigenvalue weighted by Crippen LogP contribution is 2.53. The first-order valence-electron chi connectivity index (χ1n) is 5.20. The van der Waals surface area contributed by atoms with E-state index in [0.717, 1.165) is 4.47 Å². The van der Waals surface area contributed by atoms with E-state index in [9.17, 15) is 0 Å². The van der Waals surface area contributed by atoms with Gasteiger partial charge in [0.25, 0.3) is 0 Å². The molecule has 1 fully saturated rings. The van der Waals surface area contributed by atoms with Crippen LogP contribution in [0.15, 0.2) is 27.6 Å². The van der Waals surface area contributed by atoms with Crippen LogP contribution in [-0.4, -0.2) is 12.3 Å². The molecule has 1 aliphatic rings. The van der Waals surface area contributed by atoms with Gasteiger partial charge in [0.15, 0.2) is 0 Å². The van der Waals surface area contributed by atoms with Gasteiger partial charge in [-0.15, -0.1) is 11.8 Å². The normalized spacial score (nSPS) is 20.0. The van der Waals surface area contributed by atoms with Crippen LogP contribution in [0.5, 0.6) is 0 Å². The predicted molar refractivity (Wildman–Crippen MR) is 70.5 cm³/mol. The molecule has 0 heterocycles. The third-order valence-electron chi connectivity index (χ3n) is 3.36. The van der Waals surface area contributed by atoms with E-state index in [1.54, 1.807) is 0 Å². The number of rotatable bonds is 3. The molecule has 82 valence electrons. The summed E-state index contributed by atoms with van der Waals surface area (Å²) in [4.78, 5) is 1.37. The highest BCUT2D eigenvalue weighted by molar-refractivity contribution is 9.10. The second kappa shape index (κ2) is 4.11. The van der Waals surface area contributed by atoms with Gasteiger partial charge < -0.3 is 5.73 Å². The average Bonchev–Trinajstić information content (AvgIpc) is 2.98. The van der Waals surface area contributed by atoms with E-state index >= 15 is 0 Å². The van der Waals surface area contributed by atoms with E-state index in [4.69, 9.17) is 5.73 Å². The van der Waals surface area contributed by atoms with E-state index in [1.165, 1.54) is 23.3 Å². The number of nitrogens with two attached hydrogens (primary N) is 1. The topological polar surface area (TPSA) is 26.0 Å². The van der Waals surface area contributed by atoms with E-state index in [2.05, 4.69) is 47.3 Å². The van der Waals surface area contributed by atoms with E-state index in [-0.39, 0.29) is 11.5 Å². The fourth-order valence-corrected chi connectivity index (χ4v) is 3.22. The van der Waals surface area contributed by atoms with Crippen LogP contribution in [0.1, 0.15) is 25.3 Å². The fourth-order valence-electron chi connectivity index (χ4n) is 2.17. The minimum absolute atomic E-state index is 0.248. The summed E-state index contributed by atoms with van der Waals surface area (Å²) >= 11 is 5.36. The Morgan fingerprint density at radius 2 is 2.13 bits per heavy atom. The van der Waals surface area contributed by atoms with E-state index in [1.807, 2.05) is 11.8 Å². The third kappa shape index (κ3) is 1.97. The SMILES string of the molecule is CSc1ccc(Br)cc1C1(C(C)N)CC1. The summed E-state index contributed by atoms with van der Waals surface area (Å²) in [6, 6.07) is 6.78. The zero-order valence-corrected chi connectivity index (χ0v) is 11.5. The molecule has 1 atom stereocenters. The molecule has 1 aliphatic carbocycles. The lowest BCUT2D eigenvalue weighted by Crippen LogP contribution is -2.32. The molecule has 0 aliphatic heterocycles. The highest BCUT2D eigenvalue weighted by atomic mass is 79.9. The van der Waals surface area contributed by atoms with Crippen LogP contribution in [0.25, 0.3) is 0 Å². The summed E-state index contributed by atoms with van der Waals surface area (Å²) in [5.74, 6) is 0. The predicted octanol–water partition coefficient (Wildman–Crippen LogP) is 3.55. The van der Waals surface area contributed by atoms with E-state index in [0.29, 0.717) is 0 Å². The molecule has 0 saturated heterocycles. The van der Waals surface area contributed by atoms with Gasteiger partial charge in [-0.25, -0.2) is 0 Å². The Bertz CT molecular complexity index is 372. The smallest absolute Gasteiger partial charge is 0.0179 e. The van der Waals surface area contributed by atoms with Gasteiger partial charge in [-0.05, 0) is 49.8 Å². The molecule has 1 nitrogen and oxygen atoms in total. The van der Waals surface area contributed by atoms with Crippen molar-refractivity contribution in [2.45, 2.75) is 36.1 Å². The second-order valence-electron chi connectivity index (χ2n) is 4.29. The van der Waals surface area contributed by atoms with Crippen molar-refractivity contribution in [2.24, 2.45) is 5.73 Å². The molecular weight excluding hydrogens is 270 g/mol. The quantitative estimate of drug-likeness (QED) is 0.860. The van der Waals surface area contributed by atoms with Crippen LogP contribution in [0, 0.1) is 0 Å². The fraction of sp³-hybridized carbons (Fsp3) is 0.500. The zero-order valence-electron chi connectivity index (χ0n) is 9.09. The number of halogens is 1. The number of hydrogen-bond donors (Lipinski definition) is 1. The molecule has 0 radical (unpaired) electrons. The first-order valence-corrected chi connectivity index (χ1v) is 7.21. The van der Waals surface area contributed by atoms with Crippen molar-refractivity contribution in [3.63, 3.8) is 0 Å². The van der Waals surface area contributed by atoms with Crippen molar-refractivity contribution in [2.75, 3.05) is 6.26 Å². The summed E-state index contributed by atoms with van der Waals surface area (Å²) in [5.41, 5.74) is 7.80. The van der Waals surface area contributed by atoms with Crippen molar-refractivity contribution in [3.8, 4) is 0 Å². The van der Waals surface area contributed by atoms with Gasteiger partial charge in [-0.3, -0.25) is 0 Å². The molecule has 1 unspecified atom stereocenters. The minimum atomic E-state index is 0.248. The summed E-state index contributed by atoms with van der Waals surface area (Å²) in [5, 5.41) is 0. The summed E-state index contributed by atoms with van der Waals surface area (Å²) in [7, 11) is 0. The van der Waals surface area contributed by atoms with E-state index < -0.39 is 0 Å². The Morgan fingerprint density at radius 1 is 1.47 bits per heavy atom. The van der Waals surface area contributed by atoms with Gasteiger partial charge in [-0.1, -0.05) is 15.9 Å². The van der Waals surface area contributed by atoms with Crippen molar-refractivity contribution in [1.82, 2.24) is 0 Å². The van der Waals surface area contributed by atoms with Crippen LogP contribution in [0.3, 0.4) is 0 Å². The molecule has 2 N–H and O–H groups in total. The lowest BCUT2D eigenvalue weighted by atomic mass is 9.89. The maximum absolute atomic E-state index is 6.11. The molecular formula is C12H16BrNS. The van der Waals surface area contributed by atoms with Crippen LogP contribution in [0.4, 0.5) is 0 Å². The first-order chi connectivity index (χ1) is 7.10. The third-order valence-corrected chi connectivity index (χ3v) is 4.65. The van der Waals surface area contributed by atoms with Gasteiger partial charge in [0.2, 0.25) is 0 Å². The summed E-state index contributed by atoms with van der Waals surface area (Å²) in [6.45, 7) is 2.12. The lowest BCUT2D eigenvalue weighted by molar-refractivity contribution is 0.548. The molecule has 0 aromatic heterocycles. The van der Waals surface area contributed by atoms with Gasteiger partial charge in [0.1, 0.15) is 0 Å². The van der Waals surface area contributed by atoms with Crippen LogP contribution in [0.2, 0.25) is 0 Å². The second-order valence-corrected chi connectivity index (χ2v) is 6.05. The Kier molecular flexibility index (Phi) is 3.15. The zero-order chi connectivity index (χ0) is 11.1. The molecule has 0 spiro atoms. The Balaban J connectivity index is 2.46. The lowest BCUT2D eigenvalue weighted by Gasteiger charge is -2.22. The first kappa shape index (κ1) is 11.5. The van der Waals surface area contributed by atoms with Crippen molar-refractivity contribution in [1.29, 1.82) is 0 Å². The largest absolute Gasteiger partial charge is 0.327 e. The molecule has 0 bridgehead atoms. The van der Waals surface area contributed by atoms with Crippen LogP contribution >= 0.6 is 27.7 Å². The van der Waals surface area contributed by atoms with Crippen molar-refractivity contribution in [3.05, 3.63) is 28.2 Å². The van der Waals surface area contributed by atoms with Gasteiger partial charge in [-0.2, -0.15) is 0 Å². The maximum Gasteiger partial charge on any atom is 0.0179 e. The molecule has 3 heteroatoms. The van der Waals surface area contributed by atoms with Crippen LogP contribution < -0.4 is 5.73 Å². The standard InChI is InChI=1S/C12H16BrNS/c1-8(14)12(5-6-12)10-7-9(13)3-4-11(10)15-2/h3-4,7-8H,5-6,14H2,1-2H3. The molecule has 1 aromatic rings. The highest BCUT2D eigenvalue weighted by Gasteiger charge is 2.48. The van der Waals surface area contributed by atoms with Gasteiger partial charge in [0.05, 0.1) is 0 Å². The number of thioether (sulfide) groups is 1. The Labute approximate surface area is 104 Å². The average molecular weight is 286 g/mol. The summed E-state index contributed by atoms with van der Waals surface area (Å²) < 4.78 is 1.15. The molecule has 1 aromatic carbocycles. The minimum Gasteiger partial charge on any atom is -0.327 e. The van der Waals surface area contributed by atoms with Crippen molar-refractivity contribution < 1.29 is 0 Å². The molecule has 0 amide bonds. The molecule has 2 rings (SSSR count). The number of hydrogen-bond acceptors (Lipinski definition) is 2. The maximum atomic E-state index is 6.11. The van der Waals surface area contributed by atoms with Gasteiger partial charge in [0, 0.05) is 20.8 Å². The molecule has 1 saturated carbocycles. The molecule has 15 heavy (non-hydrogen) atoms. The van der Waals surface area contributed by atoms with Crippen LogP contribution in [-0.2, 0) is 5.41 Å². The van der Waals surface area contributed by atoms with Gasteiger partial charge >= 0.3 is 0 Å². The summed E-state index contributed by atoms with van der Waals surface area (Å²) in [6.07, 6.45) is 4.59. The monoisotopic (exact) mass is 285 g/mol.